The number of nitrogens with zero attached hydrogens (tertiary/aromatic N) is 3. The van der Waals surface area contributed by atoms with E-state index in [4.69, 9.17) is 20.4 Å². The van der Waals surface area contributed by atoms with E-state index in [1.807, 2.05) is 0 Å². The van der Waals surface area contributed by atoms with Gasteiger partial charge in [-0.3, -0.25) is 0 Å². The normalized spacial score (nSPS) is 12.1. The standard InChI is InChI=1S/C10H14N4O5S/c1-4-18-8(17)10(2,3)19-13-5(7(15)16)6-12-9(11)20-14-6/h4H2,1-3H3,(H,15,16)(H2,11,12,14)/b13-5-. The minimum absolute atomic E-state index is 0.0959. The van der Waals surface area contributed by atoms with Gasteiger partial charge in [-0.1, -0.05) is 5.16 Å². The van der Waals surface area contributed by atoms with Gasteiger partial charge in [0, 0.05) is 11.5 Å². The van der Waals surface area contributed by atoms with Crippen LogP contribution in [0.5, 0.6) is 0 Å². The zero-order valence-electron chi connectivity index (χ0n) is 11.1. The molecule has 0 radical (unpaired) electrons. The second-order valence-corrected chi connectivity index (χ2v) is 4.81. The average Bonchev–Trinajstić information content (AvgIpc) is 2.75. The Kier molecular flexibility index (Phi) is 4.97. The molecule has 0 saturated carbocycles. The van der Waals surface area contributed by atoms with E-state index >= 15 is 0 Å². The molecule has 0 aromatic carbocycles. The fourth-order valence-corrected chi connectivity index (χ4v) is 1.44. The van der Waals surface area contributed by atoms with Crippen LogP contribution in [0.2, 0.25) is 0 Å². The molecule has 0 spiro atoms. The molecular weight excluding hydrogens is 288 g/mol. The Morgan fingerprint density at radius 3 is 2.60 bits per heavy atom. The number of oxime groups is 1. The summed E-state index contributed by atoms with van der Waals surface area (Å²) in [5.74, 6) is -2.25. The number of ether oxygens (including phenoxy) is 1. The Hall–Kier alpha value is -2.23. The van der Waals surface area contributed by atoms with Gasteiger partial charge in [0.2, 0.25) is 17.1 Å². The van der Waals surface area contributed by atoms with Crippen molar-refractivity contribution >= 4 is 34.3 Å². The molecule has 0 aliphatic rings. The fourth-order valence-electron chi connectivity index (χ4n) is 1.01. The van der Waals surface area contributed by atoms with Crippen molar-refractivity contribution in [3.05, 3.63) is 5.82 Å². The van der Waals surface area contributed by atoms with Crippen molar-refractivity contribution in [3.63, 3.8) is 0 Å². The number of carboxylic acid groups (broad SMARTS) is 1. The summed E-state index contributed by atoms with van der Waals surface area (Å²) in [6.45, 7) is 4.61. The smallest absolute Gasteiger partial charge is 0.362 e. The second-order valence-electron chi connectivity index (χ2n) is 4.02. The number of aliphatic carboxylic acids is 1. The van der Waals surface area contributed by atoms with Crippen molar-refractivity contribution in [1.82, 2.24) is 9.36 Å². The molecule has 110 valence electrons. The van der Waals surface area contributed by atoms with Gasteiger partial charge in [0.05, 0.1) is 6.61 Å². The summed E-state index contributed by atoms with van der Waals surface area (Å²) >= 11 is 0.823. The number of nitrogens with two attached hydrogens (primary N) is 1. The average molecular weight is 302 g/mol. The molecule has 0 aliphatic carbocycles. The summed E-state index contributed by atoms with van der Waals surface area (Å²) in [6.07, 6.45) is 0. The van der Waals surface area contributed by atoms with Gasteiger partial charge in [-0.05, 0) is 20.8 Å². The lowest BCUT2D eigenvalue weighted by Gasteiger charge is -2.19. The molecule has 0 saturated heterocycles. The van der Waals surface area contributed by atoms with E-state index < -0.39 is 23.3 Å². The van der Waals surface area contributed by atoms with E-state index in [-0.39, 0.29) is 17.6 Å². The molecule has 1 heterocycles. The highest BCUT2D eigenvalue weighted by molar-refractivity contribution is 7.09. The summed E-state index contributed by atoms with van der Waals surface area (Å²) in [5, 5.41) is 12.6. The maximum atomic E-state index is 11.6. The number of carbonyl (C=O) groups excluding carboxylic acids is 1. The summed E-state index contributed by atoms with van der Waals surface area (Å²) in [6, 6.07) is 0. The van der Waals surface area contributed by atoms with Gasteiger partial charge in [0.25, 0.3) is 0 Å². The number of carboxylic acids is 1. The Morgan fingerprint density at radius 1 is 1.50 bits per heavy atom. The van der Waals surface area contributed by atoms with E-state index in [2.05, 4.69) is 14.5 Å². The third kappa shape index (κ3) is 3.88. The molecule has 0 aliphatic heterocycles. The Bertz CT molecular complexity index is 540. The van der Waals surface area contributed by atoms with Crippen molar-refractivity contribution in [1.29, 1.82) is 0 Å². The van der Waals surface area contributed by atoms with Crippen LogP contribution in [-0.4, -0.2) is 44.3 Å². The van der Waals surface area contributed by atoms with Crippen LogP contribution >= 0.6 is 11.5 Å². The first kappa shape index (κ1) is 15.8. The quantitative estimate of drug-likeness (QED) is 0.434. The monoisotopic (exact) mass is 302 g/mol. The summed E-state index contributed by atoms with van der Waals surface area (Å²) < 4.78 is 8.50. The SMILES string of the molecule is CCOC(=O)C(C)(C)O/N=C(\C(=O)O)c1nsc(N)n1. The lowest BCUT2D eigenvalue weighted by atomic mass is 10.1. The van der Waals surface area contributed by atoms with E-state index in [1.165, 1.54) is 13.8 Å². The molecule has 0 fully saturated rings. The van der Waals surface area contributed by atoms with Crippen LogP contribution in [0.1, 0.15) is 26.6 Å². The first-order valence-electron chi connectivity index (χ1n) is 5.54. The van der Waals surface area contributed by atoms with Crippen LogP contribution in [0.15, 0.2) is 5.16 Å². The molecule has 3 N–H and O–H groups in total. The predicted octanol–water partition coefficient (Wildman–Crippen LogP) is 0.267. The largest absolute Gasteiger partial charge is 0.476 e. The van der Waals surface area contributed by atoms with Crippen molar-refractivity contribution in [3.8, 4) is 0 Å². The number of hydrogen-bond donors (Lipinski definition) is 2. The highest BCUT2D eigenvalue weighted by Gasteiger charge is 2.33. The van der Waals surface area contributed by atoms with Gasteiger partial charge in [-0.25, -0.2) is 9.59 Å². The van der Waals surface area contributed by atoms with Crippen LogP contribution < -0.4 is 5.73 Å². The number of esters is 1. The van der Waals surface area contributed by atoms with Crippen LogP contribution in [0.3, 0.4) is 0 Å². The lowest BCUT2D eigenvalue weighted by molar-refractivity contribution is -0.167. The highest BCUT2D eigenvalue weighted by atomic mass is 32.1. The number of aromatic nitrogens is 2. The number of hydrogen-bond acceptors (Lipinski definition) is 9. The molecule has 0 bridgehead atoms. The molecular formula is C10H14N4O5S. The van der Waals surface area contributed by atoms with Gasteiger partial charge in [-0.15, -0.1) is 0 Å². The lowest BCUT2D eigenvalue weighted by Crippen LogP contribution is -2.36. The molecule has 1 aromatic heterocycles. The van der Waals surface area contributed by atoms with Crippen LogP contribution in [-0.2, 0) is 19.2 Å². The van der Waals surface area contributed by atoms with E-state index in [1.54, 1.807) is 6.92 Å². The highest BCUT2D eigenvalue weighted by Crippen LogP contribution is 2.14. The van der Waals surface area contributed by atoms with Gasteiger partial charge >= 0.3 is 11.9 Å². The first-order chi connectivity index (χ1) is 9.27. The van der Waals surface area contributed by atoms with Gasteiger partial charge in [-0.2, -0.15) is 9.36 Å². The molecule has 0 atom stereocenters. The zero-order chi connectivity index (χ0) is 15.3. The van der Waals surface area contributed by atoms with Crippen molar-refractivity contribution in [2.75, 3.05) is 12.3 Å². The number of nitrogen functional groups attached to an aromatic ring is 1. The number of rotatable bonds is 6. The van der Waals surface area contributed by atoms with Crippen LogP contribution in [0.4, 0.5) is 5.13 Å². The summed E-state index contributed by atoms with van der Waals surface area (Å²) in [7, 11) is 0. The maximum absolute atomic E-state index is 11.6. The van der Waals surface area contributed by atoms with E-state index in [0.29, 0.717) is 0 Å². The number of carbonyl (C=O) groups is 2. The fraction of sp³-hybridized carbons (Fsp3) is 0.500. The first-order valence-corrected chi connectivity index (χ1v) is 6.31. The molecule has 0 unspecified atom stereocenters. The molecule has 20 heavy (non-hydrogen) atoms. The topological polar surface area (TPSA) is 137 Å². The zero-order valence-corrected chi connectivity index (χ0v) is 11.9. The summed E-state index contributed by atoms with van der Waals surface area (Å²) in [4.78, 5) is 31.3. The Labute approximate surface area is 118 Å². The Balaban J connectivity index is 2.94. The minimum atomic E-state index is -1.43. The number of anilines is 1. The van der Waals surface area contributed by atoms with Crippen LogP contribution in [0.25, 0.3) is 0 Å². The van der Waals surface area contributed by atoms with Gasteiger partial charge < -0.3 is 20.4 Å². The van der Waals surface area contributed by atoms with Crippen molar-refractivity contribution in [2.45, 2.75) is 26.4 Å². The Morgan fingerprint density at radius 2 is 2.15 bits per heavy atom. The molecule has 1 aromatic rings. The third-order valence-corrected chi connectivity index (χ3v) is 2.53. The molecule has 9 nitrogen and oxygen atoms in total. The molecule has 0 amide bonds. The second kappa shape index (κ2) is 6.28. The maximum Gasteiger partial charge on any atom is 0.362 e. The van der Waals surface area contributed by atoms with Crippen LogP contribution in [0, 0.1) is 0 Å². The predicted molar refractivity (Wildman–Crippen MR) is 70.3 cm³/mol. The van der Waals surface area contributed by atoms with Gasteiger partial charge in [0.1, 0.15) is 0 Å². The van der Waals surface area contributed by atoms with Crippen molar-refractivity contribution in [2.24, 2.45) is 5.16 Å². The van der Waals surface area contributed by atoms with E-state index in [9.17, 15) is 9.59 Å². The van der Waals surface area contributed by atoms with Crippen molar-refractivity contribution < 1.29 is 24.3 Å². The van der Waals surface area contributed by atoms with Gasteiger partial charge in [0.15, 0.2) is 5.13 Å². The third-order valence-electron chi connectivity index (χ3n) is 1.99. The minimum Gasteiger partial charge on any atom is -0.476 e. The molecule has 10 heteroatoms. The van der Waals surface area contributed by atoms with E-state index in [0.717, 1.165) is 11.5 Å². The summed E-state index contributed by atoms with van der Waals surface area (Å²) in [5.41, 5.74) is 3.39. The molecule has 1 rings (SSSR count).